The van der Waals surface area contributed by atoms with Crippen LogP contribution < -0.4 is 11.1 Å². The Morgan fingerprint density at radius 2 is 2.44 bits per heavy atom. The highest BCUT2D eigenvalue weighted by Gasteiger charge is 2.27. The molecule has 0 aromatic carbocycles. The zero-order valence-electron chi connectivity index (χ0n) is 10.3. The van der Waals surface area contributed by atoms with Crippen molar-refractivity contribution in [2.45, 2.75) is 31.1 Å². The fourth-order valence-electron chi connectivity index (χ4n) is 1.88. The number of carbonyl (C=O) groups is 1. The number of hydrogen-bond acceptors (Lipinski definition) is 4. The van der Waals surface area contributed by atoms with Gasteiger partial charge in [0.2, 0.25) is 5.91 Å². The highest BCUT2D eigenvalue weighted by molar-refractivity contribution is 8.00. The van der Waals surface area contributed by atoms with E-state index in [4.69, 9.17) is 5.73 Å². The van der Waals surface area contributed by atoms with Crippen LogP contribution in [0.15, 0.2) is 11.4 Å². The van der Waals surface area contributed by atoms with Gasteiger partial charge in [-0.05, 0) is 42.5 Å². The van der Waals surface area contributed by atoms with Gasteiger partial charge in [-0.15, -0.1) is 35.5 Å². The molecule has 2 rings (SSSR count). The van der Waals surface area contributed by atoms with E-state index in [2.05, 4.69) is 16.8 Å². The summed E-state index contributed by atoms with van der Waals surface area (Å²) in [5, 5.41) is 5.05. The van der Waals surface area contributed by atoms with Crippen molar-refractivity contribution in [3.63, 3.8) is 0 Å². The lowest BCUT2D eigenvalue weighted by atomic mass is 10.1. The van der Waals surface area contributed by atoms with E-state index in [1.54, 1.807) is 23.1 Å². The Morgan fingerprint density at radius 1 is 1.67 bits per heavy atom. The normalized spacial score (nSPS) is 19.6. The lowest BCUT2D eigenvalue weighted by molar-refractivity contribution is -0.120. The number of carbonyl (C=O) groups excluding carboxylic acids is 1. The van der Waals surface area contributed by atoms with Crippen LogP contribution in [0.25, 0.3) is 0 Å². The summed E-state index contributed by atoms with van der Waals surface area (Å²) in [5.41, 5.74) is 6.87. The molecule has 0 saturated carbocycles. The number of thioether (sulfide) groups is 1. The summed E-state index contributed by atoms with van der Waals surface area (Å²) in [7, 11) is 0. The molecule has 1 amide bonds. The van der Waals surface area contributed by atoms with E-state index < -0.39 is 0 Å². The van der Waals surface area contributed by atoms with Gasteiger partial charge in [0.25, 0.3) is 0 Å². The van der Waals surface area contributed by atoms with Crippen molar-refractivity contribution in [2.24, 2.45) is 5.73 Å². The van der Waals surface area contributed by atoms with Crippen molar-refractivity contribution in [3.05, 3.63) is 21.9 Å². The van der Waals surface area contributed by atoms with Gasteiger partial charge in [0, 0.05) is 17.5 Å². The standard InChI is InChI=1S/C12H18N2OS2.ClH/c1-8(13)2-5-14-12(15)11-9-3-6-16-10(9)4-7-17-11;/h3,6,8,11H,2,4-5,7,13H2,1H3,(H,14,15);1H. The summed E-state index contributed by atoms with van der Waals surface area (Å²) in [5.74, 6) is 1.17. The molecule has 1 aromatic rings. The number of rotatable bonds is 4. The maximum atomic E-state index is 12.1. The summed E-state index contributed by atoms with van der Waals surface area (Å²) in [4.78, 5) is 13.4. The van der Waals surface area contributed by atoms with Crippen LogP contribution in [0, 0.1) is 0 Å². The molecule has 0 bridgehead atoms. The zero-order chi connectivity index (χ0) is 12.3. The fourth-order valence-corrected chi connectivity index (χ4v) is 4.20. The molecule has 0 radical (unpaired) electrons. The van der Waals surface area contributed by atoms with Crippen LogP contribution in [-0.4, -0.2) is 24.2 Å². The molecule has 0 saturated heterocycles. The molecule has 2 unspecified atom stereocenters. The van der Waals surface area contributed by atoms with Gasteiger partial charge in [-0.1, -0.05) is 0 Å². The van der Waals surface area contributed by atoms with E-state index >= 15 is 0 Å². The van der Waals surface area contributed by atoms with Crippen LogP contribution in [-0.2, 0) is 11.2 Å². The molecule has 1 aromatic heterocycles. The van der Waals surface area contributed by atoms with Gasteiger partial charge in [0.1, 0.15) is 5.25 Å². The van der Waals surface area contributed by atoms with Gasteiger partial charge >= 0.3 is 0 Å². The van der Waals surface area contributed by atoms with Crippen molar-refractivity contribution in [1.29, 1.82) is 0 Å². The first-order chi connectivity index (χ1) is 8.18. The summed E-state index contributed by atoms with van der Waals surface area (Å²) >= 11 is 3.50. The quantitative estimate of drug-likeness (QED) is 0.898. The largest absolute Gasteiger partial charge is 0.355 e. The second kappa shape index (κ2) is 7.38. The summed E-state index contributed by atoms with van der Waals surface area (Å²) < 4.78 is 0. The molecule has 3 nitrogen and oxygen atoms in total. The number of nitrogens with two attached hydrogens (primary N) is 1. The minimum atomic E-state index is -0.0157. The van der Waals surface area contributed by atoms with Crippen LogP contribution in [0.2, 0.25) is 0 Å². The fraction of sp³-hybridized carbons (Fsp3) is 0.583. The summed E-state index contributed by atoms with van der Waals surface area (Å²) in [6.45, 7) is 2.63. The molecule has 1 aliphatic rings. The minimum absolute atomic E-state index is 0. The highest BCUT2D eigenvalue weighted by Crippen LogP contribution is 2.39. The number of thiophene rings is 1. The van der Waals surface area contributed by atoms with Crippen LogP contribution in [0.4, 0.5) is 0 Å². The van der Waals surface area contributed by atoms with Crippen LogP contribution >= 0.6 is 35.5 Å². The number of hydrogen-bond donors (Lipinski definition) is 2. The van der Waals surface area contributed by atoms with Crippen molar-refractivity contribution in [3.8, 4) is 0 Å². The second-order valence-corrected chi connectivity index (χ2v) is 6.57. The van der Waals surface area contributed by atoms with Gasteiger partial charge < -0.3 is 11.1 Å². The van der Waals surface area contributed by atoms with Gasteiger partial charge in [-0.25, -0.2) is 0 Å². The Bertz CT molecular complexity index is 395. The van der Waals surface area contributed by atoms with Gasteiger partial charge in [-0.3, -0.25) is 4.79 Å². The monoisotopic (exact) mass is 306 g/mol. The third kappa shape index (κ3) is 3.88. The first kappa shape index (κ1) is 15.8. The van der Waals surface area contributed by atoms with Crippen molar-refractivity contribution >= 4 is 41.4 Å². The third-order valence-corrected chi connectivity index (χ3v) is 5.05. The summed E-state index contributed by atoms with van der Waals surface area (Å²) in [6, 6.07) is 2.23. The van der Waals surface area contributed by atoms with Crippen molar-refractivity contribution < 1.29 is 4.79 Å². The van der Waals surface area contributed by atoms with Crippen LogP contribution in [0.3, 0.4) is 0 Å². The maximum Gasteiger partial charge on any atom is 0.237 e. The molecular weight excluding hydrogens is 288 g/mol. The Hall–Kier alpha value is -0.230. The van der Waals surface area contributed by atoms with E-state index in [-0.39, 0.29) is 29.6 Å². The molecule has 1 aliphatic heterocycles. The molecule has 2 atom stereocenters. The number of halogens is 1. The predicted molar refractivity (Wildman–Crippen MR) is 81.7 cm³/mol. The molecule has 18 heavy (non-hydrogen) atoms. The SMILES string of the molecule is CC(N)CCNC(=O)C1SCCc2sccc21.Cl. The van der Waals surface area contributed by atoms with Gasteiger partial charge in [-0.2, -0.15) is 0 Å². The Kier molecular flexibility index (Phi) is 6.49. The average Bonchev–Trinajstić information content (AvgIpc) is 2.75. The second-order valence-electron chi connectivity index (χ2n) is 4.36. The van der Waals surface area contributed by atoms with Gasteiger partial charge in [0.05, 0.1) is 0 Å². The first-order valence-corrected chi connectivity index (χ1v) is 7.82. The predicted octanol–water partition coefficient (Wildman–Crippen LogP) is 2.35. The Labute approximate surface area is 122 Å². The zero-order valence-corrected chi connectivity index (χ0v) is 12.8. The molecular formula is C12H19ClN2OS2. The number of amides is 1. The molecule has 2 heterocycles. The molecule has 0 aliphatic carbocycles. The Morgan fingerprint density at radius 3 is 3.17 bits per heavy atom. The lowest BCUT2D eigenvalue weighted by Gasteiger charge is -2.21. The molecule has 0 fully saturated rings. The van der Waals surface area contributed by atoms with Gasteiger partial charge in [0.15, 0.2) is 0 Å². The lowest BCUT2D eigenvalue weighted by Crippen LogP contribution is -2.32. The van der Waals surface area contributed by atoms with E-state index in [9.17, 15) is 4.79 Å². The smallest absolute Gasteiger partial charge is 0.237 e. The van der Waals surface area contributed by atoms with E-state index in [0.29, 0.717) is 6.54 Å². The first-order valence-electron chi connectivity index (χ1n) is 5.89. The molecule has 0 spiro atoms. The summed E-state index contributed by atoms with van der Waals surface area (Å²) in [6.07, 6.45) is 1.93. The van der Waals surface area contributed by atoms with E-state index in [0.717, 1.165) is 18.6 Å². The molecule has 6 heteroatoms. The van der Waals surface area contributed by atoms with Crippen LogP contribution in [0.1, 0.15) is 29.0 Å². The van der Waals surface area contributed by atoms with Crippen LogP contribution in [0.5, 0.6) is 0 Å². The topological polar surface area (TPSA) is 55.1 Å². The maximum absolute atomic E-state index is 12.1. The van der Waals surface area contributed by atoms with Crippen molar-refractivity contribution in [2.75, 3.05) is 12.3 Å². The number of nitrogens with one attached hydrogen (secondary N) is 1. The molecule has 102 valence electrons. The number of fused-ring (bicyclic) bond motifs is 1. The van der Waals surface area contributed by atoms with E-state index in [1.165, 1.54) is 10.4 Å². The molecule has 3 N–H and O–H groups in total. The third-order valence-electron chi connectivity index (χ3n) is 2.81. The highest BCUT2D eigenvalue weighted by atomic mass is 35.5. The van der Waals surface area contributed by atoms with E-state index in [1.807, 2.05) is 6.92 Å². The number of aryl methyl sites for hydroxylation is 1. The average molecular weight is 307 g/mol. The van der Waals surface area contributed by atoms with Crippen molar-refractivity contribution in [1.82, 2.24) is 5.32 Å². The minimum Gasteiger partial charge on any atom is -0.355 e. The Balaban J connectivity index is 0.00000162.